The molecular weight excluding hydrogens is 399 g/mol. The van der Waals surface area contributed by atoms with E-state index in [-0.39, 0.29) is 42.5 Å². The Morgan fingerprint density at radius 1 is 1.07 bits per heavy atom. The van der Waals surface area contributed by atoms with Crippen LogP contribution in [-0.4, -0.2) is 84.9 Å². The van der Waals surface area contributed by atoms with Gasteiger partial charge in [-0.05, 0) is 63.7 Å². The highest BCUT2D eigenvalue weighted by atomic mass is 35.5. The van der Waals surface area contributed by atoms with Gasteiger partial charge in [0.2, 0.25) is 11.8 Å². The van der Waals surface area contributed by atoms with Gasteiger partial charge in [-0.2, -0.15) is 0 Å². The molecule has 0 aromatic carbocycles. The summed E-state index contributed by atoms with van der Waals surface area (Å²) in [5.74, 6) is 1.76. The monoisotopic (exact) mass is 434 g/mol. The number of carbonyl (C=O) groups is 2. The number of nitrogens with one attached hydrogen (secondary N) is 1. The lowest BCUT2D eigenvalue weighted by Gasteiger charge is -2.28. The zero-order valence-corrected chi connectivity index (χ0v) is 18.6. The highest BCUT2D eigenvalue weighted by Gasteiger charge is 2.40. The van der Waals surface area contributed by atoms with E-state index in [1.165, 1.54) is 12.8 Å². The van der Waals surface area contributed by atoms with Crippen molar-refractivity contribution in [1.82, 2.24) is 20.0 Å². The van der Waals surface area contributed by atoms with Crippen molar-refractivity contribution in [1.29, 1.82) is 0 Å². The highest BCUT2D eigenvalue weighted by molar-refractivity contribution is 5.89. The number of carbonyl (C=O) groups excluding carboxylic acids is 2. The van der Waals surface area contributed by atoms with Gasteiger partial charge in [0.1, 0.15) is 0 Å². The molecule has 4 aliphatic rings. The fraction of sp³-hybridized carbons (Fsp3) is 0.900. The van der Waals surface area contributed by atoms with E-state index in [9.17, 15) is 9.59 Å². The second-order valence-electron chi connectivity index (χ2n) is 8.71. The topological polar surface area (TPSA) is 55.9 Å². The lowest BCUT2D eigenvalue weighted by atomic mass is 9.92. The smallest absolute Gasteiger partial charge is 0.227 e. The van der Waals surface area contributed by atoms with Gasteiger partial charge < -0.3 is 15.1 Å². The van der Waals surface area contributed by atoms with Crippen LogP contribution >= 0.6 is 24.8 Å². The molecule has 4 aliphatic heterocycles. The van der Waals surface area contributed by atoms with E-state index in [2.05, 4.69) is 22.0 Å². The molecule has 2 amide bonds. The zero-order valence-electron chi connectivity index (χ0n) is 17.0. The van der Waals surface area contributed by atoms with Crippen molar-refractivity contribution in [2.24, 2.45) is 17.8 Å². The molecule has 2 unspecified atom stereocenters. The fourth-order valence-corrected chi connectivity index (χ4v) is 5.58. The Labute approximate surface area is 181 Å². The summed E-state index contributed by atoms with van der Waals surface area (Å²) in [7, 11) is 0. The van der Waals surface area contributed by atoms with E-state index >= 15 is 0 Å². The molecule has 6 nitrogen and oxygen atoms in total. The van der Waals surface area contributed by atoms with Crippen molar-refractivity contribution in [2.45, 2.75) is 45.1 Å². The maximum absolute atomic E-state index is 13.0. The van der Waals surface area contributed by atoms with Gasteiger partial charge in [0.05, 0.1) is 5.92 Å². The van der Waals surface area contributed by atoms with Crippen LogP contribution in [0.3, 0.4) is 0 Å². The molecule has 4 fully saturated rings. The summed E-state index contributed by atoms with van der Waals surface area (Å²) in [4.78, 5) is 32.1. The van der Waals surface area contributed by atoms with Crippen LogP contribution in [0.2, 0.25) is 0 Å². The zero-order chi connectivity index (χ0) is 18.1. The van der Waals surface area contributed by atoms with E-state index in [1.54, 1.807) is 0 Å². The largest absolute Gasteiger partial charge is 0.342 e. The molecule has 0 aromatic heterocycles. The first-order valence-electron chi connectivity index (χ1n) is 10.7. The normalized spacial score (nSPS) is 33.2. The maximum Gasteiger partial charge on any atom is 0.227 e. The minimum Gasteiger partial charge on any atom is -0.342 e. The van der Waals surface area contributed by atoms with E-state index in [0.29, 0.717) is 19.0 Å². The number of hydrogen-bond donors (Lipinski definition) is 1. The van der Waals surface area contributed by atoms with Crippen molar-refractivity contribution < 1.29 is 9.59 Å². The Kier molecular flexibility index (Phi) is 8.86. The summed E-state index contributed by atoms with van der Waals surface area (Å²) >= 11 is 0. The molecular formula is C20H36Cl2N4O2. The quantitative estimate of drug-likeness (QED) is 0.730. The van der Waals surface area contributed by atoms with Crippen molar-refractivity contribution in [3.63, 3.8) is 0 Å². The van der Waals surface area contributed by atoms with Crippen molar-refractivity contribution in [3.8, 4) is 0 Å². The van der Waals surface area contributed by atoms with E-state index in [4.69, 9.17) is 0 Å². The van der Waals surface area contributed by atoms with Gasteiger partial charge in [0.25, 0.3) is 0 Å². The van der Waals surface area contributed by atoms with Crippen molar-refractivity contribution in [2.75, 3.05) is 52.4 Å². The van der Waals surface area contributed by atoms with Crippen LogP contribution in [0.4, 0.5) is 0 Å². The van der Waals surface area contributed by atoms with Gasteiger partial charge in [0.15, 0.2) is 0 Å². The summed E-state index contributed by atoms with van der Waals surface area (Å²) in [6.45, 7) is 9.81. The molecule has 4 atom stereocenters. The Hall–Kier alpha value is -0.560. The number of rotatable bonds is 4. The molecule has 4 saturated heterocycles. The Morgan fingerprint density at radius 2 is 1.75 bits per heavy atom. The van der Waals surface area contributed by atoms with Crippen LogP contribution in [0.1, 0.15) is 39.0 Å². The lowest BCUT2D eigenvalue weighted by molar-refractivity contribution is -0.135. The number of fused-ring (bicyclic) bond motifs is 1. The standard InChI is InChI=1S/C20H34N4O2.2ClH/c1-2-22-7-3-4-18(22)14-24-13-17(10-19(24)25)20(26)23-8-5-15-11-21-12-16(15)6-9-23;;/h15-18,21H,2-14H2,1H3;2*1H/t15-,16+,17?,18?;;. The first-order valence-corrected chi connectivity index (χ1v) is 10.7. The van der Waals surface area contributed by atoms with Gasteiger partial charge in [0, 0.05) is 38.6 Å². The van der Waals surface area contributed by atoms with Gasteiger partial charge >= 0.3 is 0 Å². The van der Waals surface area contributed by atoms with E-state index in [1.807, 2.05) is 4.90 Å². The van der Waals surface area contributed by atoms with Crippen LogP contribution in [0, 0.1) is 17.8 Å². The molecule has 4 rings (SSSR count). The van der Waals surface area contributed by atoms with Crippen molar-refractivity contribution >= 4 is 36.6 Å². The number of likely N-dealkylation sites (N-methyl/N-ethyl adjacent to an activating group) is 1. The number of amides is 2. The van der Waals surface area contributed by atoms with E-state index in [0.717, 1.165) is 70.5 Å². The average Bonchev–Trinajstić information content (AvgIpc) is 3.34. The SMILES string of the molecule is CCN1CCCC1CN1CC(C(=O)N2CC[C@@H]3CNC[C@@H]3CC2)CC1=O.Cl.Cl. The molecule has 0 aromatic rings. The third kappa shape index (κ3) is 4.94. The summed E-state index contributed by atoms with van der Waals surface area (Å²) in [6, 6.07) is 0.489. The summed E-state index contributed by atoms with van der Waals surface area (Å²) in [5, 5.41) is 3.49. The minimum atomic E-state index is -0.116. The van der Waals surface area contributed by atoms with Gasteiger partial charge in [-0.3, -0.25) is 14.5 Å². The molecule has 1 N–H and O–H groups in total. The predicted octanol–water partition coefficient (Wildman–Crippen LogP) is 1.62. The molecule has 8 heteroatoms. The van der Waals surface area contributed by atoms with Crippen LogP contribution < -0.4 is 5.32 Å². The molecule has 0 saturated carbocycles. The van der Waals surface area contributed by atoms with Crippen LogP contribution in [-0.2, 0) is 9.59 Å². The maximum atomic E-state index is 13.0. The summed E-state index contributed by atoms with van der Waals surface area (Å²) < 4.78 is 0. The van der Waals surface area contributed by atoms with Crippen LogP contribution in [0.15, 0.2) is 0 Å². The Bertz CT molecular complexity index is 536. The molecule has 0 radical (unpaired) electrons. The first kappa shape index (κ1) is 23.7. The molecule has 0 aliphatic carbocycles. The Morgan fingerprint density at radius 3 is 2.39 bits per heavy atom. The summed E-state index contributed by atoms with van der Waals surface area (Å²) in [5.41, 5.74) is 0. The fourth-order valence-electron chi connectivity index (χ4n) is 5.58. The lowest BCUT2D eigenvalue weighted by Crippen LogP contribution is -2.42. The molecule has 4 heterocycles. The Balaban J connectivity index is 0.00000140. The van der Waals surface area contributed by atoms with Crippen molar-refractivity contribution in [3.05, 3.63) is 0 Å². The van der Waals surface area contributed by atoms with Crippen LogP contribution in [0.25, 0.3) is 0 Å². The third-order valence-corrected chi connectivity index (χ3v) is 7.23. The minimum absolute atomic E-state index is 0. The first-order chi connectivity index (χ1) is 12.7. The second-order valence-corrected chi connectivity index (χ2v) is 8.71. The number of hydrogen-bond acceptors (Lipinski definition) is 4. The predicted molar refractivity (Wildman–Crippen MR) is 115 cm³/mol. The molecule has 0 bridgehead atoms. The summed E-state index contributed by atoms with van der Waals surface area (Å²) in [6.07, 6.45) is 5.05. The average molecular weight is 435 g/mol. The molecule has 0 spiro atoms. The number of halogens is 2. The van der Waals surface area contributed by atoms with Gasteiger partial charge in [-0.25, -0.2) is 0 Å². The second kappa shape index (κ2) is 10.5. The highest BCUT2D eigenvalue weighted by Crippen LogP contribution is 2.29. The molecule has 28 heavy (non-hydrogen) atoms. The third-order valence-electron chi connectivity index (χ3n) is 7.23. The van der Waals surface area contributed by atoms with Crippen LogP contribution in [0.5, 0.6) is 0 Å². The number of likely N-dealkylation sites (tertiary alicyclic amines) is 3. The van der Waals surface area contributed by atoms with Gasteiger partial charge in [-0.1, -0.05) is 6.92 Å². The molecule has 162 valence electrons. The van der Waals surface area contributed by atoms with Gasteiger partial charge in [-0.15, -0.1) is 24.8 Å². The number of nitrogens with zero attached hydrogens (tertiary/aromatic N) is 3. The van der Waals surface area contributed by atoms with E-state index < -0.39 is 0 Å².